The maximum atomic E-state index is 12.1. The number of aryl methyl sites for hydroxylation is 2. The Morgan fingerprint density at radius 3 is 2.76 bits per heavy atom. The van der Waals surface area contributed by atoms with Gasteiger partial charge in [0.25, 0.3) is 5.78 Å². The van der Waals surface area contributed by atoms with Crippen molar-refractivity contribution >= 4 is 35.1 Å². The number of amides is 1. The van der Waals surface area contributed by atoms with E-state index in [1.807, 2.05) is 19.9 Å². The van der Waals surface area contributed by atoms with E-state index in [2.05, 4.69) is 20.5 Å². The lowest BCUT2D eigenvalue weighted by Gasteiger charge is -2.11. The van der Waals surface area contributed by atoms with Crippen LogP contribution < -0.4 is 10.4 Å². The highest BCUT2D eigenvalue weighted by Crippen LogP contribution is 2.20. The van der Waals surface area contributed by atoms with Gasteiger partial charge in [-0.15, -0.1) is 10.2 Å². The SMILES string of the molecule is Cc1cc(C)n2c(SCC(=O)Nc3ccccc3C(=O)[O-])nnc2n1. The molecule has 0 radical (unpaired) electrons. The Morgan fingerprint density at radius 2 is 2.00 bits per heavy atom. The van der Waals surface area contributed by atoms with Crippen molar-refractivity contribution in [3.8, 4) is 0 Å². The number of nitrogens with one attached hydrogen (secondary N) is 1. The minimum atomic E-state index is -1.34. The van der Waals surface area contributed by atoms with Crippen LogP contribution in [-0.2, 0) is 4.79 Å². The minimum Gasteiger partial charge on any atom is -0.545 e. The van der Waals surface area contributed by atoms with Gasteiger partial charge in [0.05, 0.1) is 11.7 Å². The number of carboxylic acid groups (broad SMARTS) is 1. The summed E-state index contributed by atoms with van der Waals surface area (Å²) < 4.78 is 1.76. The third-order valence-corrected chi connectivity index (χ3v) is 4.35. The van der Waals surface area contributed by atoms with Gasteiger partial charge in [0.2, 0.25) is 5.91 Å². The van der Waals surface area contributed by atoms with Crippen molar-refractivity contribution in [2.45, 2.75) is 19.0 Å². The molecule has 0 unspecified atom stereocenters. The van der Waals surface area contributed by atoms with Crippen LogP contribution in [0.15, 0.2) is 35.5 Å². The Kier molecular flexibility index (Phi) is 4.66. The molecule has 2 aromatic heterocycles. The summed E-state index contributed by atoms with van der Waals surface area (Å²) in [4.78, 5) is 27.5. The van der Waals surface area contributed by atoms with Gasteiger partial charge in [-0.3, -0.25) is 9.20 Å². The summed E-state index contributed by atoms with van der Waals surface area (Å²) >= 11 is 1.19. The van der Waals surface area contributed by atoms with E-state index in [1.54, 1.807) is 16.5 Å². The predicted molar refractivity (Wildman–Crippen MR) is 90.4 cm³/mol. The van der Waals surface area contributed by atoms with E-state index in [1.165, 1.54) is 23.9 Å². The molecule has 1 amide bonds. The van der Waals surface area contributed by atoms with Crippen LogP contribution in [0.4, 0.5) is 5.69 Å². The topological polar surface area (TPSA) is 112 Å². The van der Waals surface area contributed by atoms with Gasteiger partial charge in [0.15, 0.2) is 5.16 Å². The Labute approximate surface area is 147 Å². The molecular weight excluding hydrogens is 342 g/mol. The van der Waals surface area contributed by atoms with E-state index in [-0.39, 0.29) is 22.9 Å². The Hall–Kier alpha value is -2.94. The molecule has 0 aliphatic rings. The quantitative estimate of drug-likeness (QED) is 0.674. The lowest BCUT2D eigenvalue weighted by atomic mass is 10.2. The van der Waals surface area contributed by atoms with Crippen molar-refractivity contribution in [1.82, 2.24) is 19.6 Å². The Balaban J connectivity index is 1.72. The molecule has 9 heteroatoms. The lowest BCUT2D eigenvalue weighted by Crippen LogP contribution is -2.25. The normalized spacial score (nSPS) is 10.8. The smallest absolute Gasteiger partial charge is 0.256 e. The molecule has 0 aliphatic carbocycles. The summed E-state index contributed by atoms with van der Waals surface area (Å²) in [5.41, 5.74) is 1.89. The number of hydrogen-bond acceptors (Lipinski definition) is 7. The highest BCUT2D eigenvalue weighted by atomic mass is 32.2. The molecule has 0 spiro atoms. The molecule has 3 rings (SSSR count). The number of aromatic carboxylic acids is 1. The van der Waals surface area contributed by atoms with E-state index in [0.29, 0.717) is 10.9 Å². The first-order chi connectivity index (χ1) is 12.0. The van der Waals surface area contributed by atoms with Crippen molar-refractivity contribution in [2.75, 3.05) is 11.1 Å². The average molecular weight is 356 g/mol. The van der Waals surface area contributed by atoms with Gasteiger partial charge in [-0.05, 0) is 26.0 Å². The number of carbonyl (C=O) groups excluding carboxylic acids is 2. The van der Waals surface area contributed by atoms with Crippen LogP contribution in [0.5, 0.6) is 0 Å². The molecule has 1 aromatic carbocycles. The average Bonchev–Trinajstić information content (AvgIpc) is 2.96. The third-order valence-electron chi connectivity index (χ3n) is 3.42. The fraction of sp³-hybridized carbons (Fsp3) is 0.188. The van der Waals surface area contributed by atoms with E-state index in [9.17, 15) is 14.7 Å². The van der Waals surface area contributed by atoms with Crippen LogP contribution in [0, 0.1) is 13.8 Å². The zero-order chi connectivity index (χ0) is 18.0. The van der Waals surface area contributed by atoms with Gasteiger partial charge >= 0.3 is 0 Å². The molecule has 0 atom stereocenters. The number of nitrogens with zero attached hydrogens (tertiary/aromatic N) is 4. The number of para-hydroxylation sites is 1. The number of anilines is 1. The molecular formula is C16H14N5O3S-. The van der Waals surface area contributed by atoms with Gasteiger partial charge in [0, 0.05) is 22.6 Å². The van der Waals surface area contributed by atoms with Crippen molar-refractivity contribution in [1.29, 1.82) is 0 Å². The van der Waals surface area contributed by atoms with Gasteiger partial charge in [-0.2, -0.15) is 0 Å². The molecule has 3 aromatic rings. The lowest BCUT2D eigenvalue weighted by molar-refractivity contribution is -0.254. The van der Waals surface area contributed by atoms with E-state index < -0.39 is 5.97 Å². The number of rotatable bonds is 5. The summed E-state index contributed by atoms with van der Waals surface area (Å²) in [6, 6.07) is 7.99. The molecule has 1 N–H and O–H groups in total. The monoisotopic (exact) mass is 356 g/mol. The third kappa shape index (κ3) is 3.61. The predicted octanol–water partition coefficient (Wildman–Crippen LogP) is 0.835. The second kappa shape index (κ2) is 6.89. The molecule has 8 nitrogen and oxygen atoms in total. The Morgan fingerprint density at radius 1 is 1.24 bits per heavy atom. The van der Waals surface area contributed by atoms with E-state index in [0.717, 1.165) is 11.4 Å². The fourth-order valence-corrected chi connectivity index (χ4v) is 3.17. The molecule has 0 bridgehead atoms. The largest absolute Gasteiger partial charge is 0.545 e. The summed E-state index contributed by atoms with van der Waals surface area (Å²) in [6.45, 7) is 3.78. The van der Waals surface area contributed by atoms with Crippen LogP contribution in [-0.4, -0.2) is 37.2 Å². The van der Waals surface area contributed by atoms with E-state index in [4.69, 9.17) is 0 Å². The second-order valence-electron chi connectivity index (χ2n) is 5.33. The second-order valence-corrected chi connectivity index (χ2v) is 6.27. The van der Waals surface area contributed by atoms with Crippen molar-refractivity contribution in [3.63, 3.8) is 0 Å². The number of carbonyl (C=O) groups is 2. The summed E-state index contributed by atoms with van der Waals surface area (Å²) in [6.07, 6.45) is 0. The molecule has 0 saturated heterocycles. The highest BCUT2D eigenvalue weighted by molar-refractivity contribution is 7.99. The first kappa shape index (κ1) is 16.9. The number of fused-ring (bicyclic) bond motifs is 1. The fourth-order valence-electron chi connectivity index (χ4n) is 2.38. The standard InChI is InChI=1S/C16H15N5O3S/c1-9-7-10(2)21-15(17-9)19-20-16(21)25-8-13(22)18-12-6-4-3-5-11(12)14(23)24/h3-7H,8H2,1-2H3,(H,18,22)(H,23,24)/p-1. The minimum absolute atomic E-state index is 0.0511. The van der Waals surface area contributed by atoms with Crippen molar-refractivity contribution in [2.24, 2.45) is 0 Å². The zero-order valence-electron chi connectivity index (χ0n) is 13.5. The number of thioether (sulfide) groups is 1. The number of hydrogen-bond donors (Lipinski definition) is 1. The van der Waals surface area contributed by atoms with Crippen molar-refractivity contribution in [3.05, 3.63) is 47.3 Å². The molecule has 0 fully saturated rings. The molecule has 0 saturated carbocycles. The maximum absolute atomic E-state index is 12.1. The van der Waals surface area contributed by atoms with Crippen LogP contribution in [0.25, 0.3) is 5.78 Å². The molecule has 0 aliphatic heterocycles. The first-order valence-corrected chi connectivity index (χ1v) is 8.36. The van der Waals surface area contributed by atoms with Gasteiger partial charge in [0.1, 0.15) is 0 Å². The van der Waals surface area contributed by atoms with Gasteiger partial charge in [-0.1, -0.05) is 30.0 Å². The van der Waals surface area contributed by atoms with Crippen LogP contribution >= 0.6 is 11.8 Å². The maximum Gasteiger partial charge on any atom is 0.256 e. The summed E-state index contributed by atoms with van der Waals surface area (Å²) in [7, 11) is 0. The number of aromatic nitrogens is 4. The number of benzene rings is 1. The molecule has 2 heterocycles. The van der Waals surface area contributed by atoms with Crippen LogP contribution in [0.1, 0.15) is 21.7 Å². The van der Waals surface area contributed by atoms with E-state index >= 15 is 0 Å². The highest BCUT2D eigenvalue weighted by Gasteiger charge is 2.13. The summed E-state index contributed by atoms with van der Waals surface area (Å²) in [5.74, 6) is -1.17. The molecule has 128 valence electrons. The Bertz CT molecular complexity index is 970. The van der Waals surface area contributed by atoms with Gasteiger partial charge in [-0.25, -0.2) is 4.98 Å². The first-order valence-electron chi connectivity index (χ1n) is 7.38. The van der Waals surface area contributed by atoms with Gasteiger partial charge < -0.3 is 15.2 Å². The summed E-state index contributed by atoms with van der Waals surface area (Å²) in [5, 5.41) is 22.2. The van der Waals surface area contributed by atoms with Crippen LogP contribution in [0.3, 0.4) is 0 Å². The van der Waals surface area contributed by atoms with Crippen molar-refractivity contribution < 1.29 is 14.7 Å². The zero-order valence-corrected chi connectivity index (χ0v) is 14.3. The number of carboxylic acids is 1. The van der Waals surface area contributed by atoms with Crippen LogP contribution in [0.2, 0.25) is 0 Å². The molecule has 25 heavy (non-hydrogen) atoms.